The van der Waals surface area contributed by atoms with Gasteiger partial charge in [-0.15, -0.1) is 0 Å². The van der Waals surface area contributed by atoms with Gasteiger partial charge in [0.25, 0.3) is 5.92 Å². The van der Waals surface area contributed by atoms with Crippen molar-refractivity contribution < 1.29 is 18.7 Å². The molecule has 0 aliphatic carbocycles. The molecule has 0 aromatic carbocycles. The molecule has 0 aromatic heterocycles. The van der Waals surface area contributed by atoms with E-state index in [0.717, 1.165) is 0 Å². The van der Waals surface area contributed by atoms with Gasteiger partial charge in [-0.3, -0.25) is 4.79 Å². The largest absolute Gasteiger partial charge is 0.480 e. The van der Waals surface area contributed by atoms with Crippen molar-refractivity contribution in [2.24, 2.45) is 11.7 Å². The Balaban J connectivity index is 2.66. The summed E-state index contributed by atoms with van der Waals surface area (Å²) < 4.78 is 26.9. The first-order valence-electron chi connectivity index (χ1n) is 4.40. The van der Waals surface area contributed by atoms with Crippen molar-refractivity contribution in [1.29, 1.82) is 0 Å². The van der Waals surface area contributed by atoms with Crippen molar-refractivity contribution in [3.8, 4) is 0 Å². The van der Waals surface area contributed by atoms with Crippen LogP contribution in [-0.2, 0) is 4.79 Å². The molecule has 1 aliphatic heterocycles. The molecule has 1 rings (SSSR count). The first-order chi connectivity index (χ1) is 6.46. The first kappa shape index (κ1) is 11.7. The van der Waals surface area contributed by atoms with E-state index in [0.29, 0.717) is 24.3 Å². The maximum atomic E-state index is 13.4. The molecular weight excluding hydrogens is 212 g/mol. The van der Waals surface area contributed by atoms with Gasteiger partial charge in [0.1, 0.15) is 0 Å². The van der Waals surface area contributed by atoms with E-state index in [4.69, 9.17) is 10.8 Å². The monoisotopic (exact) mass is 225 g/mol. The van der Waals surface area contributed by atoms with Crippen LogP contribution in [0.4, 0.5) is 8.78 Å². The fourth-order valence-corrected chi connectivity index (χ4v) is 2.61. The van der Waals surface area contributed by atoms with Crippen molar-refractivity contribution in [2.75, 3.05) is 11.5 Å². The van der Waals surface area contributed by atoms with Gasteiger partial charge < -0.3 is 10.8 Å². The third-order valence-corrected chi connectivity index (χ3v) is 3.50. The third-order valence-electron chi connectivity index (χ3n) is 2.45. The Morgan fingerprint density at radius 3 is 2.43 bits per heavy atom. The van der Waals surface area contributed by atoms with Gasteiger partial charge in [0.2, 0.25) is 0 Å². The number of carbonyl (C=O) groups is 1. The highest BCUT2D eigenvalue weighted by molar-refractivity contribution is 7.99. The van der Waals surface area contributed by atoms with Gasteiger partial charge in [-0.2, -0.15) is 11.8 Å². The molecule has 0 spiro atoms. The Labute approximate surface area is 85.0 Å². The number of hydrogen-bond acceptors (Lipinski definition) is 3. The lowest BCUT2D eigenvalue weighted by Gasteiger charge is -2.31. The molecule has 0 radical (unpaired) electrons. The number of carboxylic acid groups (broad SMARTS) is 1. The molecule has 0 amide bonds. The summed E-state index contributed by atoms with van der Waals surface area (Å²) in [6, 6.07) is -2.07. The van der Waals surface area contributed by atoms with Gasteiger partial charge in [0.15, 0.2) is 6.04 Å². The normalized spacial score (nSPS) is 21.9. The van der Waals surface area contributed by atoms with E-state index in [2.05, 4.69) is 0 Å². The Hall–Kier alpha value is -0.360. The molecule has 0 aromatic rings. The highest BCUT2D eigenvalue weighted by Gasteiger charge is 2.48. The summed E-state index contributed by atoms with van der Waals surface area (Å²) >= 11 is 1.61. The smallest absolute Gasteiger partial charge is 0.326 e. The van der Waals surface area contributed by atoms with Crippen LogP contribution in [0, 0.1) is 5.92 Å². The van der Waals surface area contributed by atoms with Crippen LogP contribution in [0.1, 0.15) is 12.8 Å². The topological polar surface area (TPSA) is 63.3 Å². The maximum absolute atomic E-state index is 13.4. The average molecular weight is 225 g/mol. The molecule has 0 bridgehead atoms. The summed E-state index contributed by atoms with van der Waals surface area (Å²) in [5, 5.41) is 8.44. The van der Waals surface area contributed by atoms with Crippen LogP contribution in [-0.4, -0.2) is 34.5 Å². The number of nitrogens with two attached hydrogens (primary N) is 1. The molecule has 0 saturated carbocycles. The van der Waals surface area contributed by atoms with Crippen LogP contribution in [0.3, 0.4) is 0 Å². The molecule has 1 fully saturated rings. The maximum Gasteiger partial charge on any atom is 0.326 e. The van der Waals surface area contributed by atoms with E-state index < -0.39 is 23.9 Å². The number of carboxylic acids is 1. The lowest BCUT2D eigenvalue weighted by atomic mass is 9.90. The lowest BCUT2D eigenvalue weighted by Crippen LogP contribution is -2.52. The van der Waals surface area contributed by atoms with Crippen molar-refractivity contribution in [3.05, 3.63) is 0 Å². The van der Waals surface area contributed by atoms with Gasteiger partial charge in [-0.05, 0) is 24.3 Å². The zero-order valence-electron chi connectivity index (χ0n) is 7.58. The number of thioether (sulfide) groups is 1. The van der Waals surface area contributed by atoms with E-state index in [1.54, 1.807) is 11.8 Å². The van der Waals surface area contributed by atoms with Crippen LogP contribution < -0.4 is 5.73 Å². The average Bonchev–Trinajstić information content (AvgIpc) is 2.18. The van der Waals surface area contributed by atoms with Crippen molar-refractivity contribution in [2.45, 2.75) is 24.8 Å². The minimum atomic E-state index is -3.28. The molecule has 1 unspecified atom stereocenters. The summed E-state index contributed by atoms with van der Waals surface area (Å²) in [5.41, 5.74) is 4.97. The molecular formula is C8H13F2NO2S. The van der Waals surface area contributed by atoms with Crippen LogP contribution >= 0.6 is 11.8 Å². The van der Waals surface area contributed by atoms with Crippen LogP contribution in [0.25, 0.3) is 0 Å². The van der Waals surface area contributed by atoms with Gasteiger partial charge in [0.05, 0.1) is 0 Å². The molecule has 1 saturated heterocycles. The van der Waals surface area contributed by atoms with E-state index >= 15 is 0 Å². The summed E-state index contributed by atoms with van der Waals surface area (Å²) in [5.74, 6) is -4.48. The quantitative estimate of drug-likeness (QED) is 0.757. The Kier molecular flexibility index (Phi) is 3.71. The van der Waals surface area contributed by atoms with E-state index in [-0.39, 0.29) is 0 Å². The predicted octanol–water partition coefficient (Wildman–Crippen LogP) is 1.18. The van der Waals surface area contributed by atoms with Crippen LogP contribution in [0.2, 0.25) is 0 Å². The summed E-state index contributed by atoms with van der Waals surface area (Å²) in [7, 11) is 0. The molecule has 3 N–H and O–H groups in total. The minimum absolute atomic E-state index is 0.346. The zero-order valence-corrected chi connectivity index (χ0v) is 8.40. The van der Waals surface area contributed by atoms with Crippen molar-refractivity contribution in [3.63, 3.8) is 0 Å². The molecule has 1 atom stereocenters. The van der Waals surface area contributed by atoms with Crippen LogP contribution in [0.5, 0.6) is 0 Å². The fourth-order valence-electron chi connectivity index (χ4n) is 1.50. The van der Waals surface area contributed by atoms with Gasteiger partial charge >= 0.3 is 5.97 Å². The third kappa shape index (κ3) is 2.36. The van der Waals surface area contributed by atoms with E-state index in [9.17, 15) is 13.6 Å². The van der Waals surface area contributed by atoms with Crippen molar-refractivity contribution in [1.82, 2.24) is 0 Å². The highest BCUT2D eigenvalue weighted by atomic mass is 32.2. The molecule has 3 nitrogen and oxygen atoms in total. The second-order valence-electron chi connectivity index (χ2n) is 3.38. The number of halogens is 2. The van der Waals surface area contributed by atoms with Gasteiger partial charge in [-0.25, -0.2) is 8.78 Å². The zero-order chi connectivity index (χ0) is 10.8. The standard InChI is InChI=1S/C8H13F2NO2S/c9-8(10,6(11)7(12)13)5-1-3-14-4-2-5/h5-6H,1-4,11H2,(H,12,13). The SMILES string of the molecule is NC(C(=O)O)C(F)(F)C1CCSCC1. The number of rotatable bonds is 3. The molecule has 1 aliphatic rings. The predicted molar refractivity (Wildman–Crippen MR) is 50.6 cm³/mol. The Bertz CT molecular complexity index is 219. The summed E-state index contributed by atoms with van der Waals surface area (Å²) in [4.78, 5) is 10.4. The van der Waals surface area contributed by atoms with E-state index in [1.165, 1.54) is 0 Å². The van der Waals surface area contributed by atoms with Gasteiger partial charge in [-0.1, -0.05) is 0 Å². The Morgan fingerprint density at radius 1 is 1.50 bits per heavy atom. The first-order valence-corrected chi connectivity index (χ1v) is 5.55. The number of alkyl halides is 2. The van der Waals surface area contributed by atoms with Crippen LogP contribution in [0.15, 0.2) is 0 Å². The summed E-state index contributed by atoms with van der Waals surface area (Å²) in [6.45, 7) is 0. The lowest BCUT2D eigenvalue weighted by molar-refractivity contribution is -0.154. The molecule has 82 valence electrons. The number of aliphatic carboxylic acids is 1. The Morgan fingerprint density at radius 2 is 2.00 bits per heavy atom. The number of hydrogen-bond donors (Lipinski definition) is 2. The van der Waals surface area contributed by atoms with Crippen molar-refractivity contribution >= 4 is 17.7 Å². The van der Waals surface area contributed by atoms with Gasteiger partial charge in [0, 0.05) is 5.92 Å². The molecule has 1 heterocycles. The fraction of sp³-hybridized carbons (Fsp3) is 0.875. The van der Waals surface area contributed by atoms with E-state index in [1.807, 2.05) is 0 Å². The highest BCUT2D eigenvalue weighted by Crippen LogP contribution is 2.37. The second kappa shape index (κ2) is 4.44. The minimum Gasteiger partial charge on any atom is -0.480 e. The summed E-state index contributed by atoms with van der Waals surface area (Å²) in [6.07, 6.45) is 0.692. The molecule has 14 heavy (non-hydrogen) atoms. The second-order valence-corrected chi connectivity index (χ2v) is 4.60. The molecule has 6 heteroatoms.